The van der Waals surface area contributed by atoms with Crippen LogP contribution in [0.5, 0.6) is 11.5 Å². The molecule has 3 nitrogen and oxygen atoms in total. The summed E-state index contributed by atoms with van der Waals surface area (Å²) >= 11 is 0. The zero-order valence-electron chi connectivity index (χ0n) is 11.8. The molecule has 1 unspecified atom stereocenters. The van der Waals surface area contributed by atoms with E-state index in [0.29, 0.717) is 0 Å². The van der Waals surface area contributed by atoms with Crippen LogP contribution in [0.4, 0.5) is 0 Å². The van der Waals surface area contributed by atoms with E-state index in [2.05, 4.69) is 23.5 Å². The third-order valence-corrected chi connectivity index (χ3v) is 3.59. The lowest BCUT2D eigenvalue weighted by Crippen LogP contribution is -2.23. The van der Waals surface area contributed by atoms with Crippen LogP contribution >= 0.6 is 0 Å². The van der Waals surface area contributed by atoms with Crippen LogP contribution in [0.15, 0.2) is 30.4 Å². The second kappa shape index (κ2) is 7.19. The molecule has 2 rings (SSSR count). The summed E-state index contributed by atoms with van der Waals surface area (Å²) in [6.07, 6.45) is 8.31. The number of rotatable bonds is 6. The van der Waals surface area contributed by atoms with E-state index in [-0.39, 0.29) is 0 Å². The molecule has 1 aromatic rings. The number of hydrogen-bond acceptors (Lipinski definition) is 3. The SMILES string of the molecule is COc1ccc(CNCC2CC=CCC2)cc1OC. The molecule has 104 valence electrons. The Morgan fingerprint density at radius 2 is 2.00 bits per heavy atom. The molecule has 3 heteroatoms. The minimum atomic E-state index is 0.781. The molecular formula is C16H23NO2. The van der Waals surface area contributed by atoms with Crippen molar-refractivity contribution in [1.82, 2.24) is 5.32 Å². The monoisotopic (exact) mass is 261 g/mol. The van der Waals surface area contributed by atoms with Gasteiger partial charge in [-0.05, 0) is 49.4 Å². The first kappa shape index (κ1) is 13.9. The topological polar surface area (TPSA) is 30.5 Å². The lowest BCUT2D eigenvalue weighted by molar-refractivity contribution is 0.354. The van der Waals surface area contributed by atoms with Gasteiger partial charge in [-0.2, -0.15) is 0 Å². The van der Waals surface area contributed by atoms with Gasteiger partial charge in [-0.25, -0.2) is 0 Å². The molecule has 1 aliphatic rings. The summed E-state index contributed by atoms with van der Waals surface area (Å²) in [6, 6.07) is 6.07. The van der Waals surface area contributed by atoms with Gasteiger partial charge in [-0.15, -0.1) is 0 Å². The predicted octanol–water partition coefficient (Wildman–Crippen LogP) is 3.15. The summed E-state index contributed by atoms with van der Waals surface area (Å²) in [4.78, 5) is 0. The van der Waals surface area contributed by atoms with Crippen LogP contribution in [0.3, 0.4) is 0 Å². The minimum absolute atomic E-state index is 0.781. The van der Waals surface area contributed by atoms with Gasteiger partial charge >= 0.3 is 0 Å². The van der Waals surface area contributed by atoms with Crippen molar-refractivity contribution >= 4 is 0 Å². The second-order valence-electron chi connectivity index (χ2n) is 4.97. The second-order valence-corrected chi connectivity index (χ2v) is 4.97. The van der Waals surface area contributed by atoms with Crippen molar-refractivity contribution in [1.29, 1.82) is 0 Å². The van der Waals surface area contributed by atoms with Gasteiger partial charge < -0.3 is 14.8 Å². The smallest absolute Gasteiger partial charge is 0.161 e. The number of hydrogen-bond donors (Lipinski definition) is 1. The molecule has 0 aliphatic heterocycles. The average molecular weight is 261 g/mol. The molecule has 19 heavy (non-hydrogen) atoms. The number of benzene rings is 1. The Balaban J connectivity index is 1.83. The summed E-state index contributed by atoms with van der Waals surface area (Å²) in [7, 11) is 3.33. The fraction of sp³-hybridized carbons (Fsp3) is 0.500. The highest BCUT2D eigenvalue weighted by molar-refractivity contribution is 5.42. The Bertz CT molecular complexity index is 429. The van der Waals surface area contributed by atoms with Gasteiger partial charge in [0.15, 0.2) is 11.5 Å². The molecule has 1 atom stereocenters. The maximum Gasteiger partial charge on any atom is 0.161 e. The zero-order chi connectivity index (χ0) is 13.5. The number of methoxy groups -OCH3 is 2. The average Bonchev–Trinajstić information content (AvgIpc) is 2.48. The Kier molecular flexibility index (Phi) is 5.28. The summed E-state index contributed by atoms with van der Waals surface area (Å²) in [5.41, 5.74) is 1.23. The standard InChI is InChI=1S/C16H23NO2/c1-18-15-9-8-14(10-16(15)19-2)12-17-11-13-6-4-3-5-7-13/h3-4,8-10,13,17H,5-7,11-12H2,1-2H3. The summed E-state index contributed by atoms with van der Waals surface area (Å²) in [6.45, 7) is 1.96. The van der Waals surface area contributed by atoms with Crippen LogP contribution in [0.2, 0.25) is 0 Å². The van der Waals surface area contributed by atoms with Crippen LogP contribution < -0.4 is 14.8 Å². The van der Waals surface area contributed by atoms with E-state index in [9.17, 15) is 0 Å². The maximum atomic E-state index is 5.31. The molecule has 1 N–H and O–H groups in total. The van der Waals surface area contributed by atoms with E-state index in [4.69, 9.17) is 9.47 Å². The summed E-state index contributed by atoms with van der Waals surface area (Å²) in [5.74, 6) is 2.36. The Morgan fingerprint density at radius 3 is 2.68 bits per heavy atom. The Morgan fingerprint density at radius 1 is 1.16 bits per heavy atom. The van der Waals surface area contributed by atoms with Crippen molar-refractivity contribution in [3.05, 3.63) is 35.9 Å². The van der Waals surface area contributed by atoms with E-state index >= 15 is 0 Å². The van der Waals surface area contributed by atoms with Crippen molar-refractivity contribution < 1.29 is 9.47 Å². The van der Waals surface area contributed by atoms with Gasteiger partial charge in [0, 0.05) is 6.54 Å². The highest BCUT2D eigenvalue weighted by Crippen LogP contribution is 2.27. The van der Waals surface area contributed by atoms with Crippen LogP contribution in [0.1, 0.15) is 24.8 Å². The minimum Gasteiger partial charge on any atom is -0.493 e. The van der Waals surface area contributed by atoms with Crippen LogP contribution in [0, 0.1) is 5.92 Å². The van der Waals surface area contributed by atoms with Crippen molar-refractivity contribution in [2.75, 3.05) is 20.8 Å². The third kappa shape index (κ3) is 4.00. The molecular weight excluding hydrogens is 238 g/mol. The largest absolute Gasteiger partial charge is 0.493 e. The van der Waals surface area contributed by atoms with Crippen molar-refractivity contribution in [3.63, 3.8) is 0 Å². The lowest BCUT2D eigenvalue weighted by Gasteiger charge is -2.18. The molecule has 1 aromatic carbocycles. The van der Waals surface area contributed by atoms with Gasteiger partial charge in [-0.1, -0.05) is 18.2 Å². The first-order valence-corrected chi connectivity index (χ1v) is 6.90. The normalized spacial score (nSPS) is 18.3. The predicted molar refractivity (Wildman–Crippen MR) is 77.7 cm³/mol. The van der Waals surface area contributed by atoms with E-state index < -0.39 is 0 Å². The fourth-order valence-corrected chi connectivity index (χ4v) is 2.45. The Hall–Kier alpha value is -1.48. The molecule has 0 bridgehead atoms. The first-order chi connectivity index (χ1) is 9.33. The van der Waals surface area contributed by atoms with Crippen molar-refractivity contribution in [2.45, 2.75) is 25.8 Å². The molecule has 0 saturated carbocycles. The van der Waals surface area contributed by atoms with Gasteiger partial charge in [0.25, 0.3) is 0 Å². The number of ether oxygens (including phenoxy) is 2. The molecule has 1 aliphatic carbocycles. The summed E-state index contributed by atoms with van der Waals surface area (Å²) in [5, 5.41) is 3.53. The van der Waals surface area contributed by atoms with Crippen molar-refractivity contribution in [2.24, 2.45) is 5.92 Å². The Labute approximate surface area is 115 Å². The highest BCUT2D eigenvalue weighted by atomic mass is 16.5. The highest BCUT2D eigenvalue weighted by Gasteiger charge is 2.09. The molecule has 0 fully saturated rings. The molecule has 0 heterocycles. The fourth-order valence-electron chi connectivity index (χ4n) is 2.45. The van der Waals surface area contributed by atoms with Crippen LogP contribution in [-0.2, 0) is 6.54 Å². The van der Waals surface area contributed by atoms with Crippen LogP contribution in [0.25, 0.3) is 0 Å². The van der Waals surface area contributed by atoms with E-state index in [0.717, 1.165) is 30.5 Å². The van der Waals surface area contributed by atoms with E-state index in [1.54, 1.807) is 14.2 Å². The van der Waals surface area contributed by atoms with Gasteiger partial charge in [0.2, 0.25) is 0 Å². The molecule has 0 saturated heterocycles. The van der Waals surface area contributed by atoms with Crippen LogP contribution in [-0.4, -0.2) is 20.8 Å². The molecule has 0 aromatic heterocycles. The van der Waals surface area contributed by atoms with Gasteiger partial charge in [-0.3, -0.25) is 0 Å². The first-order valence-electron chi connectivity index (χ1n) is 6.90. The molecule has 0 radical (unpaired) electrons. The molecule has 0 spiro atoms. The van der Waals surface area contributed by atoms with E-state index in [1.807, 2.05) is 12.1 Å². The van der Waals surface area contributed by atoms with E-state index in [1.165, 1.54) is 24.8 Å². The zero-order valence-corrected chi connectivity index (χ0v) is 11.8. The van der Waals surface area contributed by atoms with Gasteiger partial charge in [0.05, 0.1) is 14.2 Å². The van der Waals surface area contributed by atoms with Crippen molar-refractivity contribution in [3.8, 4) is 11.5 Å². The molecule has 0 amide bonds. The maximum absolute atomic E-state index is 5.31. The lowest BCUT2D eigenvalue weighted by atomic mass is 9.94. The van der Waals surface area contributed by atoms with Gasteiger partial charge in [0.1, 0.15) is 0 Å². The third-order valence-electron chi connectivity index (χ3n) is 3.59. The quantitative estimate of drug-likeness (QED) is 0.798. The number of allylic oxidation sites excluding steroid dienone is 2. The number of nitrogens with one attached hydrogen (secondary N) is 1. The summed E-state index contributed by atoms with van der Waals surface area (Å²) < 4.78 is 10.5.